The first-order chi connectivity index (χ1) is 43.6. The van der Waals surface area contributed by atoms with Crippen molar-refractivity contribution in [1.82, 2.24) is 5.32 Å². The maximum atomic E-state index is 13.3. The number of amides is 1. The fraction of sp³-hybridized carbons (Fsp3) is 0.640. The third-order valence-electron chi connectivity index (χ3n) is 15.5. The minimum absolute atomic E-state index is 0.241. The van der Waals surface area contributed by atoms with E-state index in [1.165, 1.54) is 57.8 Å². The zero-order valence-electron chi connectivity index (χ0n) is 54.6. The summed E-state index contributed by atoms with van der Waals surface area (Å²) in [6, 6.07) is -0.940. The van der Waals surface area contributed by atoms with Crippen LogP contribution in [-0.4, -0.2) is 140 Å². The van der Waals surface area contributed by atoms with Gasteiger partial charge >= 0.3 is 0 Å². The predicted molar refractivity (Wildman–Crippen MR) is 364 cm³/mol. The Kier molecular flexibility index (Phi) is 52.1. The van der Waals surface area contributed by atoms with Gasteiger partial charge in [0.15, 0.2) is 12.6 Å². The number of carbonyl (C=O) groups excluding carboxylic acids is 1. The molecule has 1 amide bonds. The third-order valence-corrected chi connectivity index (χ3v) is 15.5. The molecule has 2 aliphatic heterocycles. The molecule has 89 heavy (non-hydrogen) atoms. The van der Waals surface area contributed by atoms with Crippen LogP contribution in [0.5, 0.6) is 0 Å². The Bertz CT molecular complexity index is 2100. The average molecular weight is 1240 g/mol. The molecule has 2 rings (SSSR count). The second-order valence-corrected chi connectivity index (χ2v) is 23.2. The monoisotopic (exact) mass is 1240 g/mol. The van der Waals surface area contributed by atoms with Gasteiger partial charge in [0.05, 0.1) is 32.0 Å². The summed E-state index contributed by atoms with van der Waals surface area (Å²) in [7, 11) is 0. The first-order valence-electron chi connectivity index (χ1n) is 34.2. The second-order valence-electron chi connectivity index (χ2n) is 23.2. The van der Waals surface area contributed by atoms with Gasteiger partial charge < -0.3 is 65.1 Å². The number of carbonyl (C=O) groups is 1. The highest BCUT2D eigenvalue weighted by Gasteiger charge is 2.51. The van der Waals surface area contributed by atoms with E-state index in [-0.39, 0.29) is 18.9 Å². The summed E-state index contributed by atoms with van der Waals surface area (Å²) in [6.07, 6.45) is 71.5. The molecule has 0 aliphatic carbocycles. The SMILES string of the molecule is CC/C=C\C/C=C\C/C=C\C/C=C\C/C=C\C/C=C\C/C=C\C/C=C\C/C=C\C/C=C\C/C=C\C/C=C\CCCCCCC(=O)NC(COC1OC(CO)C(OC2OC(CO)C(O)C(O)C2O)C(O)C1O)C(O)/C=C/CCCCCCCCCCCCCC. The van der Waals surface area contributed by atoms with Crippen molar-refractivity contribution >= 4 is 5.91 Å². The molecule has 9 N–H and O–H groups in total. The molecular weight excluding hydrogens is 1120 g/mol. The van der Waals surface area contributed by atoms with Crippen LogP contribution in [0.4, 0.5) is 0 Å². The van der Waals surface area contributed by atoms with Crippen molar-refractivity contribution in [1.29, 1.82) is 0 Å². The van der Waals surface area contributed by atoms with Gasteiger partial charge in [-0.05, 0) is 109 Å². The topological polar surface area (TPSA) is 228 Å². The van der Waals surface area contributed by atoms with Gasteiger partial charge in [0.1, 0.15) is 48.8 Å². The smallest absolute Gasteiger partial charge is 0.220 e. The molecule has 2 aliphatic rings. The molecule has 504 valence electrons. The maximum Gasteiger partial charge on any atom is 0.220 e. The van der Waals surface area contributed by atoms with Crippen LogP contribution >= 0.6 is 0 Å². The normalized spacial score (nSPS) is 24.1. The Labute approximate surface area is 537 Å². The highest BCUT2D eigenvalue weighted by molar-refractivity contribution is 5.76. The predicted octanol–water partition coefficient (Wildman–Crippen LogP) is 13.8. The largest absolute Gasteiger partial charge is 0.394 e. The molecule has 12 atom stereocenters. The van der Waals surface area contributed by atoms with Crippen molar-refractivity contribution in [3.8, 4) is 0 Å². The molecule has 0 radical (unpaired) electrons. The van der Waals surface area contributed by atoms with E-state index in [2.05, 4.69) is 165 Å². The Hall–Kier alpha value is -4.39. The molecular formula is C75H121NO13. The number of aliphatic hydroxyl groups is 8. The Morgan fingerprint density at radius 3 is 1.19 bits per heavy atom. The van der Waals surface area contributed by atoms with Crippen molar-refractivity contribution in [3.05, 3.63) is 158 Å². The van der Waals surface area contributed by atoms with Gasteiger partial charge in [-0.2, -0.15) is 0 Å². The van der Waals surface area contributed by atoms with Gasteiger partial charge in [-0.25, -0.2) is 0 Å². The minimum Gasteiger partial charge on any atom is -0.394 e. The van der Waals surface area contributed by atoms with Crippen LogP contribution in [0.1, 0.15) is 213 Å². The van der Waals surface area contributed by atoms with Gasteiger partial charge in [0, 0.05) is 6.42 Å². The van der Waals surface area contributed by atoms with E-state index in [0.717, 1.165) is 128 Å². The third kappa shape index (κ3) is 41.7. The second kappa shape index (κ2) is 57.5. The molecule has 2 heterocycles. The number of allylic oxidation sites excluding steroid dienone is 25. The molecule has 14 heteroatoms. The average Bonchev–Trinajstić information content (AvgIpc) is 2.74. The van der Waals surface area contributed by atoms with Crippen molar-refractivity contribution < 1.29 is 64.6 Å². The van der Waals surface area contributed by atoms with E-state index in [1.54, 1.807) is 6.08 Å². The minimum atomic E-state index is -1.80. The molecule has 0 saturated carbocycles. The first kappa shape index (κ1) is 80.7. The number of hydrogen-bond donors (Lipinski definition) is 9. The number of unbranched alkanes of at least 4 members (excludes halogenated alkanes) is 16. The van der Waals surface area contributed by atoms with E-state index >= 15 is 0 Å². The number of ether oxygens (including phenoxy) is 4. The van der Waals surface area contributed by atoms with Crippen molar-refractivity contribution in [2.45, 2.75) is 286 Å². The lowest BCUT2D eigenvalue weighted by Crippen LogP contribution is -2.65. The lowest BCUT2D eigenvalue weighted by Gasteiger charge is -2.46. The van der Waals surface area contributed by atoms with Gasteiger partial charge in [0.25, 0.3) is 0 Å². The van der Waals surface area contributed by atoms with Crippen molar-refractivity contribution in [2.24, 2.45) is 0 Å². The zero-order valence-corrected chi connectivity index (χ0v) is 54.6. The summed E-state index contributed by atoms with van der Waals surface area (Å²) in [4.78, 5) is 13.3. The van der Waals surface area contributed by atoms with Crippen molar-refractivity contribution in [2.75, 3.05) is 19.8 Å². The van der Waals surface area contributed by atoms with Gasteiger partial charge in [-0.15, -0.1) is 0 Å². The van der Waals surface area contributed by atoms with E-state index < -0.39 is 86.8 Å². The zero-order chi connectivity index (χ0) is 64.5. The van der Waals surface area contributed by atoms with Crippen molar-refractivity contribution in [3.63, 3.8) is 0 Å². The Morgan fingerprint density at radius 1 is 0.416 bits per heavy atom. The fourth-order valence-electron chi connectivity index (χ4n) is 10.0. The molecule has 0 spiro atoms. The molecule has 12 unspecified atom stereocenters. The lowest BCUT2D eigenvalue weighted by molar-refractivity contribution is -0.359. The summed E-state index contributed by atoms with van der Waals surface area (Å²) in [5.74, 6) is -0.271. The molecule has 2 saturated heterocycles. The standard InChI is InChI=1S/C75H121NO13/c1-3-5-7-9-11-13-15-17-19-20-21-22-23-24-25-26-27-28-29-30-31-32-33-34-35-36-37-38-39-40-41-42-43-44-45-47-49-51-53-55-57-59-67(80)76-63(64(79)58-56-54-52-50-48-46-18-16-14-12-10-8-6-4-2)62-86-74-72(85)70(83)73(66(61-78)88-74)89-75-71(84)69(82)68(81)65(60-77)87-75/h5,7,11,13,17,19,21-22,24-25,27-28,30-31,33-34,36-37,39-40,42-43,45,47,56,58,63-66,68-75,77-79,81-85H,3-4,6,8-10,12,14-16,18,20,23,26,29,32,35,38,41,44,46,48-55,57,59-62H2,1-2H3,(H,76,80)/b7-5-,13-11-,19-17-,22-21-,25-24-,28-27-,31-30-,34-33-,37-36-,40-39-,43-42-,47-45-,58-56+. The number of nitrogens with one attached hydrogen (secondary N) is 1. The van der Waals surface area contributed by atoms with Crippen LogP contribution in [0.2, 0.25) is 0 Å². The molecule has 14 nitrogen and oxygen atoms in total. The first-order valence-corrected chi connectivity index (χ1v) is 34.2. The lowest BCUT2D eigenvalue weighted by atomic mass is 9.97. The summed E-state index contributed by atoms with van der Waals surface area (Å²) >= 11 is 0. The summed E-state index contributed by atoms with van der Waals surface area (Å²) in [5.41, 5.74) is 0. The highest BCUT2D eigenvalue weighted by Crippen LogP contribution is 2.30. The van der Waals surface area contributed by atoms with E-state index in [0.29, 0.717) is 6.42 Å². The van der Waals surface area contributed by atoms with Gasteiger partial charge in [0.2, 0.25) is 5.91 Å². The van der Waals surface area contributed by atoms with E-state index in [4.69, 9.17) is 18.9 Å². The molecule has 0 aromatic heterocycles. The molecule has 0 bridgehead atoms. The highest BCUT2D eigenvalue weighted by atomic mass is 16.7. The van der Waals surface area contributed by atoms with Gasteiger partial charge in [-0.1, -0.05) is 255 Å². The van der Waals surface area contributed by atoms with Crippen LogP contribution in [0.15, 0.2) is 158 Å². The fourth-order valence-corrected chi connectivity index (χ4v) is 10.0. The summed E-state index contributed by atoms with van der Waals surface area (Å²) < 4.78 is 22.8. The van der Waals surface area contributed by atoms with E-state index in [1.807, 2.05) is 6.08 Å². The van der Waals surface area contributed by atoms with Gasteiger partial charge in [-0.3, -0.25) is 4.79 Å². The maximum absolute atomic E-state index is 13.3. The van der Waals surface area contributed by atoms with Crippen LogP contribution in [0, 0.1) is 0 Å². The van der Waals surface area contributed by atoms with Crippen LogP contribution in [0.25, 0.3) is 0 Å². The number of hydrogen-bond acceptors (Lipinski definition) is 13. The number of rotatable bonds is 53. The Balaban J connectivity index is 1.65. The number of aliphatic hydroxyl groups excluding tert-OH is 8. The van der Waals surface area contributed by atoms with E-state index in [9.17, 15) is 45.6 Å². The van der Waals surface area contributed by atoms with Crippen LogP contribution in [-0.2, 0) is 23.7 Å². The molecule has 0 aromatic carbocycles. The summed E-state index contributed by atoms with van der Waals surface area (Å²) in [6.45, 7) is 2.64. The van der Waals surface area contributed by atoms with Crippen LogP contribution < -0.4 is 5.32 Å². The molecule has 0 aromatic rings. The van der Waals surface area contributed by atoms with Crippen LogP contribution in [0.3, 0.4) is 0 Å². The summed E-state index contributed by atoms with van der Waals surface area (Å²) in [5, 5.41) is 87.2. The molecule has 2 fully saturated rings. The quantitative estimate of drug-likeness (QED) is 0.0204. The Morgan fingerprint density at radius 2 is 0.775 bits per heavy atom.